The van der Waals surface area contributed by atoms with E-state index in [4.69, 9.17) is 0 Å². The van der Waals surface area contributed by atoms with Crippen molar-refractivity contribution in [2.75, 3.05) is 5.75 Å². The average Bonchev–Trinajstić information content (AvgIpc) is 2.59. The van der Waals surface area contributed by atoms with Gasteiger partial charge in [0, 0.05) is 5.75 Å². The van der Waals surface area contributed by atoms with Crippen molar-refractivity contribution in [1.29, 1.82) is 0 Å². The average molecular weight is 551 g/mol. The maximum Gasteiger partial charge on any atom is 0.357 e. The molecule has 0 atom stereocenters. The predicted octanol–water partition coefficient (Wildman–Crippen LogP) is 2.89. The number of halogens is 2. The van der Waals surface area contributed by atoms with Gasteiger partial charge in [-0.2, -0.15) is 0 Å². The smallest absolute Gasteiger partial charge is 0.357 e. The Kier molecular flexibility index (Phi) is 11.7. The topological polar surface area (TPSA) is 57.2 Å². The lowest BCUT2D eigenvalue weighted by Gasteiger charge is -2.18. The summed E-state index contributed by atoms with van der Waals surface area (Å²) in [5, 5.41) is 0. The van der Waals surface area contributed by atoms with Gasteiger partial charge in [-0.05, 0) is 52.6 Å². The van der Waals surface area contributed by atoms with Crippen molar-refractivity contribution >= 4 is 10.1 Å². The molecule has 0 fully saturated rings. The summed E-state index contributed by atoms with van der Waals surface area (Å²) in [6, 6.07) is 18.4. The maximum absolute atomic E-state index is 9.83. The molecule has 0 radical (unpaired) electrons. The fraction of sp³-hybridized carbons (Fsp3) is 0.500. The molecule has 0 aliphatic heterocycles. The van der Waals surface area contributed by atoms with E-state index in [1.807, 2.05) is 6.92 Å². The summed E-state index contributed by atoms with van der Waals surface area (Å²) >= 11 is -0.0703. The number of hydrogen-bond acceptors (Lipinski definition) is 3. The minimum Gasteiger partial charge on any atom is -0.748 e. The molecule has 3 nitrogen and oxygen atoms in total. The van der Waals surface area contributed by atoms with Crippen molar-refractivity contribution in [3.8, 4) is 0 Å². The molecule has 2 aromatic carbocycles. The van der Waals surface area contributed by atoms with Crippen LogP contribution in [0.2, 0.25) is 0 Å². The monoisotopic (exact) mass is 550 g/mol. The van der Waals surface area contributed by atoms with Gasteiger partial charge >= 0.3 is 21.2 Å². The van der Waals surface area contributed by atoms with Crippen LogP contribution in [-0.2, 0) is 20.9 Å². The first-order chi connectivity index (χ1) is 13.2. The molecule has 0 unspecified atom stereocenters. The van der Waals surface area contributed by atoms with E-state index in [2.05, 4.69) is 90.1 Å². The fourth-order valence-electron chi connectivity index (χ4n) is 2.47. The normalized spacial score (nSPS) is 11.9. The second-order valence-corrected chi connectivity index (χ2v) is 13.8. The molecule has 0 saturated carbocycles. The summed E-state index contributed by atoms with van der Waals surface area (Å²) in [5.41, 5.74) is 3.31. The summed E-state index contributed by atoms with van der Waals surface area (Å²) < 4.78 is 32.5. The highest BCUT2D eigenvalue weighted by atomic mass is 127. The van der Waals surface area contributed by atoms with Gasteiger partial charge in [0.2, 0.25) is 0 Å². The molecule has 0 bridgehead atoms. The van der Waals surface area contributed by atoms with Crippen molar-refractivity contribution < 1.29 is 38.9 Å². The number of unbranched alkanes of at least 4 members (excludes halogenated alkanes) is 1. The lowest BCUT2D eigenvalue weighted by atomic mass is 9.87. The standard InChI is InChI=1S/C20H26I.C4H10O3S.FH/c1-19(2,3)15-7-11-17(12-8-15)21-18-13-9-16(10-14-18)20(4,5)6;1-2-3-4-8(5,6)7;/h7-14H,1-6H3;2-4H2,1H3,(H,5,6,7);1H/q+1;;/p-1. The molecular formula is C24H36FIO3S. The van der Waals surface area contributed by atoms with Crippen molar-refractivity contribution in [3.63, 3.8) is 0 Å². The third-order valence-corrected chi connectivity index (χ3v) is 7.86. The van der Waals surface area contributed by atoms with Gasteiger partial charge in [0.15, 0.2) is 7.14 Å². The van der Waals surface area contributed by atoms with Crippen LogP contribution in [0.1, 0.15) is 72.4 Å². The summed E-state index contributed by atoms with van der Waals surface area (Å²) in [4.78, 5) is 0. The molecule has 0 amide bonds. The van der Waals surface area contributed by atoms with Crippen LogP contribution in [0, 0.1) is 7.14 Å². The first-order valence-electron chi connectivity index (χ1n) is 10.0. The lowest BCUT2D eigenvalue weighted by Crippen LogP contribution is -3.61. The molecule has 0 aliphatic carbocycles. The highest BCUT2D eigenvalue weighted by molar-refractivity contribution is 7.85. The van der Waals surface area contributed by atoms with Crippen LogP contribution in [0.25, 0.3) is 0 Å². The Morgan fingerprint density at radius 3 is 1.30 bits per heavy atom. The molecule has 6 heteroatoms. The lowest BCUT2D eigenvalue weighted by molar-refractivity contribution is -0.597. The Bertz CT molecular complexity index is 792. The van der Waals surface area contributed by atoms with Crippen molar-refractivity contribution in [1.82, 2.24) is 0 Å². The molecule has 170 valence electrons. The van der Waals surface area contributed by atoms with Gasteiger partial charge in [-0.25, -0.2) is 8.42 Å². The second kappa shape index (κ2) is 12.2. The van der Waals surface area contributed by atoms with Crippen LogP contribution >= 0.6 is 0 Å². The minimum atomic E-state index is -3.94. The Morgan fingerprint density at radius 2 is 1.10 bits per heavy atom. The Morgan fingerprint density at radius 1 is 0.767 bits per heavy atom. The molecule has 0 aliphatic rings. The van der Waals surface area contributed by atoms with Gasteiger partial charge in [-0.3, -0.25) is 4.70 Å². The van der Waals surface area contributed by atoms with Gasteiger partial charge in [-0.1, -0.05) is 79.2 Å². The van der Waals surface area contributed by atoms with E-state index in [0.29, 0.717) is 6.42 Å². The minimum absolute atomic E-state index is 0. The molecule has 0 saturated heterocycles. The van der Waals surface area contributed by atoms with Crippen LogP contribution < -0.4 is 21.2 Å². The third kappa shape index (κ3) is 11.4. The van der Waals surface area contributed by atoms with Gasteiger partial charge in [0.05, 0.1) is 10.1 Å². The third-order valence-electron chi connectivity index (χ3n) is 4.39. The summed E-state index contributed by atoms with van der Waals surface area (Å²) in [5.74, 6) is -0.219. The predicted molar refractivity (Wildman–Crippen MR) is 120 cm³/mol. The van der Waals surface area contributed by atoms with Crippen LogP contribution in [0.3, 0.4) is 0 Å². The van der Waals surface area contributed by atoms with Crippen LogP contribution in [0.5, 0.6) is 0 Å². The zero-order valence-electron chi connectivity index (χ0n) is 19.2. The van der Waals surface area contributed by atoms with E-state index in [1.54, 1.807) is 0 Å². The summed E-state index contributed by atoms with van der Waals surface area (Å²) in [6.45, 7) is 15.4. The molecule has 0 N–H and O–H groups in total. The van der Waals surface area contributed by atoms with Crippen molar-refractivity contribution in [3.05, 3.63) is 66.8 Å². The Balaban J connectivity index is 0.000000801. The Hall–Kier alpha value is -0.990. The number of hydrogen-bond donors (Lipinski definition) is 0. The van der Waals surface area contributed by atoms with Crippen LogP contribution in [0.15, 0.2) is 48.5 Å². The van der Waals surface area contributed by atoms with Crippen LogP contribution in [0.4, 0.5) is 4.70 Å². The molecule has 0 aromatic heterocycles. The summed E-state index contributed by atoms with van der Waals surface area (Å²) in [6.07, 6.45) is 1.23. The van der Waals surface area contributed by atoms with Gasteiger partial charge < -0.3 is 4.55 Å². The molecular weight excluding hydrogens is 514 g/mol. The largest absolute Gasteiger partial charge is 0.748 e. The van der Waals surface area contributed by atoms with Crippen molar-refractivity contribution in [2.45, 2.75) is 72.1 Å². The number of rotatable bonds is 5. The molecule has 2 aromatic rings. The molecule has 0 heterocycles. The summed E-state index contributed by atoms with van der Waals surface area (Å²) in [7, 11) is -3.94. The zero-order valence-corrected chi connectivity index (χ0v) is 22.1. The zero-order chi connectivity index (χ0) is 22.3. The Labute approximate surface area is 193 Å². The van der Waals surface area contributed by atoms with E-state index in [1.165, 1.54) is 18.3 Å². The van der Waals surface area contributed by atoms with E-state index >= 15 is 0 Å². The highest BCUT2D eigenvalue weighted by Gasteiger charge is 2.20. The highest BCUT2D eigenvalue weighted by Crippen LogP contribution is 2.21. The SMILES string of the molecule is CC(C)(C)c1ccc([I+]c2ccc(C(C)(C)C)cc2)cc1.CCCCS(=O)(=O)[O-].F. The van der Waals surface area contributed by atoms with E-state index in [9.17, 15) is 13.0 Å². The van der Waals surface area contributed by atoms with Gasteiger partial charge in [-0.15, -0.1) is 0 Å². The van der Waals surface area contributed by atoms with Crippen LogP contribution in [-0.4, -0.2) is 18.7 Å². The quantitative estimate of drug-likeness (QED) is 0.425. The molecule has 2 rings (SSSR count). The first-order valence-corrected chi connectivity index (χ1v) is 13.8. The second-order valence-electron chi connectivity index (χ2n) is 9.22. The van der Waals surface area contributed by atoms with E-state index in [0.717, 1.165) is 6.42 Å². The molecule has 30 heavy (non-hydrogen) atoms. The fourth-order valence-corrected chi connectivity index (χ4v) is 5.27. The first kappa shape index (κ1) is 29.0. The van der Waals surface area contributed by atoms with E-state index in [-0.39, 0.29) is 42.5 Å². The van der Waals surface area contributed by atoms with Crippen molar-refractivity contribution in [2.24, 2.45) is 0 Å². The number of benzene rings is 2. The molecule has 0 spiro atoms. The van der Waals surface area contributed by atoms with Gasteiger partial charge in [0.1, 0.15) is 0 Å². The van der Waals surface area contributed by atoms with Gasteiger partial charge in [0.25, 0.3) is 0 Å². The maximum atomic E-state index is 9.83. The van der Waals surface area contributed by atoms with E-state index < -0.39 is 10.1 Å².